The van der Waals surface area contributed by atoms with Gasteiger partial charge in [0.1, 0.15) is 5.71 Å². The first-order chi connectivity index (χ1) is 13.6. The number of nitrogens with zero attached hydrogens (tertiary/aromatic N) is 3. The molecule has 3 aromatic rings. The normalized spacial score (nSPS) is 14.1. The third kappa shape index (κ3) is 3.51. The number of anilines is 1. The van der Waals surface area contributed by atoms with Gasteiger partial charge in [-0.15, -0.1) is 0 Å². The van der Waals surface area contributed by atoms with Gasteiger partial charge in [0.05, 0.1) is 12.2 Å². The van der Waals surface area contributed by atoms with Crippen molar-refractivity contribution in [2.45, 2.75) is 19.4 Å². The summed E-state index contributed by atoms with van der Waals surface area (Å²) in [5, 5.41) is 7.88. The third-order valence-electron chi connectivity index (χ3n) is 4.96. The van der Waals surface area contributed by atoms with Crippen molar-refractivity contribution < 1.29 is 9.59 Å². The van der Waals surface area contributed by atoms with Crippen molar-refractivity contribution in [1.82, 2.24) is 5.01 Å². The summed E-state index contributed by atoms with van der Waals surface area (Å²) in [7, 11) is 1.75. The molecule has 4 rings (SSSR count). The van der Waals surface area contributed by atoms with Gasteiger partial charge in [-0.1, -0.05) is 66.7 Å². The first-order valence-corrected chi connectivity index (χ1v) is 9.31. The molecule has 0 atom stereocenters. The van der Waals surface area contributed by atoms with Gasteiger partial charge in [0, 0.05) is 25.3 Å². The van der Waals surface area contributed by atoms with Crippen LogP contribution in [0.3, 0.4) is 0 Å². The average molecular weight is 371 g/mol. The first-order valence-electron chi connectivity index (χ1n) is 9.31. The smallest absolute Gasteiger partial charge is 0.274 e. The molecule has 0 bridgehead atoms. The molecule has 0 spiro atoms. The number of benzene rings is 3. The van der Waals surface area contributed by atoms with Crippen LogP contribution < -0.4 is 4.90 Å². The van der Waals surface area contributed by atoms with Gasteiger partial charge in [0.25, 0.3) is 5.91 Å². The first kappa shape index (κ1) is 17.9. The number of fused-ring (bicyclic) bond motifs is 1. The highest BCUT2D eigenvalue weighted by molar-refractivity contribution is 6.44. The lowest BCUT2D eigenvalue weighted by atomic mass is 10.1. The van der Waals surface area contributed by atoms with Crippen molar-refractivity contribution in [3.63, 3.8) is 0 Å². The van der Waals surface area contributed by atoms with E-state index in [2.05, 4.69) is 5.10 Å². The van der Waals surface area contributed by atoms with Crippen LogP contribution in [0.4, 0.5) is 5.69 Å². The molecule has 3 aromatic carbocycles. The monoisotopic (exact) mass is 371 g/mol. The van der Waals surface area contributed by atoms with Crippen LogP contribution in [0.15, 0.2) is 77.9 Å². The summed E-state index contributed by atoms with van der Waals surface area (Å²) >= 11 is 0. The molecule has 0 N–H and O–H groups in total. The zero-order chi connectivity index (χ0) is 19.5. The fourth-order valence-corrected chi connectivity index (χ4v) is 3.44. The Balaban J connectivity index is 1.61. The predicted octanol–water partition coefficient (Wildman–Crippen LogP) is 3.98. The highest BCUT2D eigenvalue weighted by Crippen LogP contribution is 2.26. The van der Waals surface area contributed by atoms with Crippen LogP contribution in [-0.4, -0.2) is 29.6 Å². The minimum atomic E-state index is -0.179. The van der Waals surface area contributed by atoms with E-state index < -0.39 is 0 Å². The molecular weight excluding hydrogens is 350 g/mol. The van der Waals surface area contributed by atoms with E-state index in [1.54, 1.807) is 11.9 Å². The Hall–Kier alpha value is -3.47. The second-order valence-electron chi connectivity index (χ2n) is 6.85. The summed E-state index contributed by atoms with van der Waals surface area (Å²) < 4.78 is 0. The molecule has 0 aromatic heterocycles. The molecule has 1 aliphatic heterocycles. The maximum atomic E-state index is 13.1. The van der Waals surface area contributed by atoms with Crippen molar-refractivity contribution in [2.24, 2.45) is 5.10 Å². The van der Waals surface area contributed by atoms with E-state index >= 15 is 0 Å². The molecule has 28 heavy (non-hydrogen) atoms. The van der Waals surface area contributed by atoms with Crippen molar-refractivity contribution in [2.75, 3.05) is 11.9 Å². The summed E-state index contributed by atoms with van der Waals surface area (Å²) in [5.41, 5.74) is 2.22. The lowest BCUT2D eigenvalue weighted by molar-refractivity contribution is -0.132. The van der Waals surface area contributed by atoms with Crippen LogP contribution in [0.5, 0.6) is 0 Å². The van der Waals surface area contributed by atoms with Gasteiger partial charge in [-0.05, 0) is 17.0 Å². The van der Waals surface area contributed by atoms with Crippen LogP contribution >= 0.6 is 0 Å². The Bertz CT molecular complexity index is 1050. The summed E-state index contributed by atoms with van der Waals surface area (Å²) in [5.74, 6) is -0.241. The van der Waals surface area contributed by atoms with Crippen molar-refractivity contribution in [1.29, 1.82) is 0 Å². The van der Waals surface area contributed by atoms with Crippen LogP contribution in [0.25, 0.3) is 10.8 Å². The Kier molecular flexibility index (Phi) is 4.89. The van der Waals surface area contributed by atoms with Gasteiger partial charge in [-0.2, -0.15) is 5.10 Å². The molecule has 0 aliphatic carbocycles. The molecule has 5 heteroatoms. The predicted molar refractivity (Wildman–Crippen MR) is 111 cm³/mol. The Morgan fingerprint density at radius 1 is 0.964 bits per heavy atom. The molecule has 0 unspecified atom stereocenters. The van der Waals surface area contributed by atoms with Crippen molar-refractivity contribution in [3.8, 4) is 0 Å². The summed E-state index contributed by atoms with van der Waals surface area (Å²) in [4.78, 5) is 27.0. The van der Waals surface area contributed by atoms with E-state index in [4.69, 9.17) is 0 Å². The standard InChI is InChI=1S/C23H21N3O2/c1-25(21-13-7-11-18-10-5-6-12-19(18)21)23(28)20-14-15-22(27)26(24-20)16-17-8-3-2-4-9-17/h2-13H,14-16H2,1H3. The zero-order valence-corrected chi connectivity index (χ0v) is 15.7. The lowest BCUT2D eigenvalue weighted by Gasteiger charge is -2.26. The summed E-state index contributed by atoms with van der Waals surface area (Å²) in [6.45, 7) is 0.369. The van der Waals surface area contributed by atoms with Gasteiger partial charge in [0.15, 0.2) is 0 Å². The second-order valence-corrected chi connectivity index (χ2v) is 6.85. The minimum absolute atomic E-state index is 0.0618. The van der Waals surface area contributed by atoms with Gasteiger partial charge in [-0.25, -0.2) is 5.01 Å². The SMILES string of the molecule is CN(C(=O)C1=NN(Cc2ccccc2)C(=O)CC1)c1cccc2ccccc12. The van der Waals surface area contributed by atoms with E-state index in [0.29, 0.717) is 25.1 Å². The molecule has 0 radical (unpaired) electrons. The molecule has 140 valence electrons. The van der Waals surface area contributed by atoms with Gasteiger partial charge < -0.3 is 4.90 Å². The fraction of sp³-hybridized carbons (Fsp3) is 0.174. The second kappa shape index (κ2) is 7.64. The highest BCUT2D eigenvalue weighted by atomic mass is 16.2. The Morgan fingerprint density at radius 3 is 2.50 bits per heavy atom. The van der Waals surface area contributed by atoms with E-state index in [1.807, 2.05) is 72.8 Å². The summed E-state index contributed by atoms with van der Waals surface area (Å²) in [6, 6.07) is 23.5. The topological polar surface area (TPSA) is 53.0 Å². The lowest BCUT2D eigenvalue weighted by Crippen LogP contribution is -2.39. The number of hydrogen-bond donors (Lipinski definition) is 0. The van der Waals surface area contributed by atoms with Crippen LogP contribution in [0, 0.1) is 0 Å². The van der Waals surface area contributed by atoms with Crippen molar-refractivity contribution in [3.05, 3.63) is 78.4 Å². The number of carbonyl (C=O) groups is 2. The fourth-order valence-electron chi connectivity index (χ4n) is 3.44. The quantitative estimate of drug-likeness (QED) is 0.696. The molecule has 0 fully saturated rings. The number of carbonyl (C=O) groups excluding carboxylic acids is 2. The van der Waals surface area contributed by atoms with Crippen molar-refractivity contribution >= 4 is 34.0 Å². The van der Waals surface area contributed by atoms with Gasteiger partial charge in [-0.3, -0.25) is 9.59 Å². The number of hydrazone groups is 1. The third-order valence-corrected chi connectivity index (χ3v) is 4.96. The maximum absolute atomic E-state index is 13.1. The Labute approximate surface area is 163 Å². The number of amides is 2. The molecule has 0 saturated carbocycles. The zero-order valence-electron chi connectivity index (χ0n) is 15.7. The van der Waals surface area contributed by atoms with Gasteiger partial charge >= 0.3 is 0 Å². The largest absolute Gasteiger partial charge is 0.310 e. The maximum Gasteiger partial charge on any atom is 0.274 e. The van der Waals surface area contributed by atoms with Crippen LogP contribution in [-0.2, 0) is 16.1 Å². The molecule has 2 amide bonds. The van der Waals surface area contributed by atoms with E-state index in [-0.39, 0.29) is 11.8 Å². The highest BCUT2D eigenvalue weighted by Gasteiger charge is 2.27. The van der Waals surface area contributed by atoms with E-state index in [1.165, 1.54) is 5.01 Å². The van der Waals surface area contributed by atoms with E-state index in [0.717, 1.165) is 22.0 Å². The number of hydrogen-bond acceptors (Lipinski definition) is 3. The summed E-state index contributed by atoms with van der Waals surface area (Å²) in [6.07, 6.45) is 0.652. The minimum Gasteiger partial charge on any atom is -0.310 e. The van der Waals surface area contributed by atoms with Gasteiger partial charge in [0.2, 0.25) is 5.91 Å². The molecule has 5 nitrogen and oxygen atoms in total. The Morgan fingerprint density at radius 2 is 1.68 bits per heavy atom. The average Bonchev–Trinajstić information content (AvgIpc) is 2.74. The van der Waals surface area contributed by atoms with E-state index in [9.17, 15) is 9.59 Å². The molecule has 1 aliphatic rings. The number of rotatable bonds is 4. The molecular formula is C23H21N3O2. The van der Waals surface area contributed by atoms with Crippen LogP contribution in [0.2, 0.25) is 0 Å². The van der Waals surface area contributed by atoms with Crippen LogP contribution in [0.1, 0.15) is 18.4 Å². The molecule has 0 saturated heterocycles. The molecule has 1 heterocycles.